The largest absolute Gasteiger partial charge is 0.497 e. The second kappa shape index (κ2) is 6.51. The van der Waals surface area contributed by atoms with E-state index in [0.717, 1.165) is 26.5 Å². The van der Waals surface area contributed by atoms with Crippen molar-refractivity contribution in [2.45, 2.75) is 20.0 Å². The Kier molecular flexibility index (Phi) is 4.61. The van der Waals surface area contributed by atoms with Crippen LogP contribution in [-0.2, 0) is 4.79 Å². The van der Waals surface area contributed by atoms with E-state index < -0.39 is 0 Å². The third-order valence-corrected chi connectivity index (χ3v) is 5.39. The van der Waals surface area contributed by atoms with Crippen LogP contribution in [0.4, 0.5) is 0 Å². The molecular formula is C16H15NO3S3. The minimum absolute atomic E-state index is 0.0299. The van der Waals surface area contributed by atoms with Gasteiger partial charge in [0.1, 0.15) is 15.8 Å². The number of thioether (sulfide) groups is 1. The third-order valence-electron chi connectivity index (χ3n) is 3.13. The van der Waals surface area contributed by atoms with Gasteiger partial charge in [0.15, 0.2) is 0 Å². The van der Waals surface area contributed by atoms with Crippen LogP contribution in [0.5, 0.6) is 11.5 Å². The Hall–Kier alpha value is -1.57. The van der Waals surface area contributed by atoms with Crippen molar-refractivity contribution in [2.24, 2.45) is 0 Å². The molecular weight excluding hydrogens is 350 g/mol. The Morgan fingerprint density at radius 3 is 2.74 bits per heavy atom. The van der Waals surface area contributed by atoms with Gasteiger partial charge < -0.3 is 14.8 Å². The maximum Gasteiger partial charge on any atom is 0.263 e. The molecule has 2 aromatic rings. The highest BCUT2D eigenvalue weighted by Gasteiger charge is 2.24. The average Bonchev–Trinajstić information content (AvgIpc) is 2.99. The van der Waals surface area contributed by atoms with Crippen molar-refractivity contribution >= 4 is 61.7 Å². The smallest absolute Gasteiger partial charge is 0.263 e. The Morgan fingerprint density at radius 2 is 2.13 bits per heavy atom. The summed E-state index contributed by atoms with van der Waals surface area (Å²) in [5, 5.41) is 3.62. The molecule has 1 saturated heterocycles. The Labute approximate surface area is 147 Å². The number of thiocarbonyl (C=S) groups is 1. The van der Waals surface area contributed by atoms with Gasteiger partial charge in [0, 0.05) is 10.1 Å². The molecule has 0 unspecified atom stereocenters. The van der Waals surface area contributed by atoms with Gasteiger partial charge in [-0.25, -0.2) is 0 Å². The van der Waals surface area contributed by atoms with Gasteiger partial charge in [0.25, 0.3) is 5.91 Å². The van der Waals surface area contributed by atoms with Crippen molar-refractivity contribution in [3.63, 3.8) is 0 Å². The first-order valence-electron chi connectivity index (χ1n) is 7.00. The number of nitrogens with one attached hydrogen (secondary N) is 1. The minimum Gasteiger partial charge on any atom is -0.497 e. The molecule has 1 N–H and O–H groups in total. The van der Waals surface area contributed by atoms with Crippen LogP contribution in [0.2, 0.25) is 0 Å². The number of fused-ring (bicyclic) bond motifs is 1. The summed E-state index contributed by atoms with van der Waals surface area (Å²) in [7, 11) is 1.64. The predicted octanol–water partition coefficient (Wildman–Crippen LogP) is 4.19. The van der Waals surface area contributed by atoms with Crippen LogP contribution in [0.15, 0.2) is 23.1 Å². The van der Waals surface area contributed by atoms with Gasteiger partial charge in [0.2, 0.25) is 0 Å². The van der Waals surface area contributed by atoms with Crippen molar-refractivity contribution in [3.8, 4) is 11.5 Å². The SMILES string of the molecule is COc1ccc2sc(/C=C3/SC(=S)NC3=O)c(OC(C)C)c2c1. The molecule has 0 spiro atoms. The summed E-state index contributed by atoms with van der Waals surface area (Å²) in [6, 6.07) is 5.87. The van der Waals surface area contributed by atoms with Gasteiger partial charge >= 0.3 is 0 Å². The highest BCUT2D eigenvalue weighted by Crippen LogP contribution is 2.42. The first-order chi connectivity index (χ1) is 11.0. The summed E-state index contributed by atoms with van der Waals surface area (Å²) >= 11 is 7.89. The molecule has 3 rings (SSSR count). The van der Waals surface area contributed by atoms with E-state index in [1.165, 1.54) is 11.8 Å². The second-order valence-corrected chi connectivity index (χ2v) is 7.98. The Morgan fingerprint density at radius 1 is 1.35 bits per heavy atom. The van der Waals surface area contributed by atoms with Gasteiger partial charge in [-0.3, -0.25) is 4.79 Å². The van der Waals surface area contributed by atoms with Crippen LogP contribution in [0.1, 0.15) is 18.7 Å². The number of amides is 1. The zero-order valence-electron chi connectivity index (χ0n) is 12.8. The lowest BCUT2D eigenvalue weighted by atomic mass is 10.2. The molecule has 0 aliphatic carbocycles. The molecule has 1 aliphatic heterocycles. The first kappa shape index (κ1) is 16.3. The van der Waals surface area contributed by atoms with Crippen molar-refractivity contribution in [2.75, 3.05) is 7.11 Å². The molecule has 1 aromatic heterocycles. The average molecular weight is 366 g/mol. The molecule has 23 heavy (non-hydrogen) atoms. The zero-order valence-corrected chi connectivity index (χ0v) is 15.3. The highest BCUT2D eigenvalue weighted by molar-refractivity contribution is 8.26. The van der Waals surface area contributed by atoms with Crippen molar-refractivity contribution in [1.82, 2.24) is 5.32 Å². The monoisotopic (exact) mass is 365 g/mol. The van der Waals surface area contributed by atoms with Gasteiger partial charge in [-0.15, -0.1) is 11.3 Å². The molecule has 0 radical (unpaired) electrons. The second-order valence-electron chi connectivity index (χ2n) is 5.18. The first-order valence-corrected chi connectivity index (χ1v) is 9.04. The van der Waals surface area contributed by atoms with Crippen LogP contribution in [0.3, 0.4) is 0 Å². The number of benzene rings is 1. The standard InChI is InChI=1S/C16H15NO3S3/c1-8(2)20-14-10-6-9(19-3)4-5-11(10)22-12(14)7-13-15(18)17-16(21)23-13/h4-8H,1-3H3,(H,17,18,21)/b13-7+. The maximum absolute atomic E-state index is 11.9. The molecule has 0 bridgehead atoms. The van der Waals surface area contributed by atoms with Crippen LogP contribution >= 0.6 is 35.3 Å². The molecule has 4 nitrogen and oxygen atoms in total. The maximum atomic E-state index is 11.9. The summed E-state index contributed by atoms with van der Waals surface area (Å²) < 4.78 is 12.9. The Balaban J connectivity index is 2.13. The van der Waals surface area contributed by atoms with E-state index in [-0.39, 0.29) is 12.0 Å². The van der Waals surface area contributed by atoms with Crippen LogP contribution in [-0.4, -0.2) is 23.4 Å². The highest BCUT2D eigenvalue weighted by atomic mass is 32.2. The fraction of sp³-hybridized carbons (Fsp3) is 0.250. The lowest BCUT2D eigenvalue weighted by Gasteiger charge is -2.10. The fourth-order valence-electron chi connectivity index (χ4n) is 2.19. The van der Waals surface area contributed by atoms with Crippen LogP contribution in [0.25, 0.3) is 16.2 Å². The summed E-state index contributed by atoms with van der Waals surface area (Å²) in [6.45, 7) is 3.96. The number of ether oxygens (including phenoxy) is 2. The normalized spacial score (nSPS) is 16.4. The summed E-state index contributed by atoms with van der Waals surface area (Å²) in [5.41, 5.74) is 0. The molecule has 120 valence electrons. The lowest BCUT2D eigenvalue weighted by molar-refractivity contribution is -0.115. The molecule has 0 saturated carbocycles. The summed E-state index contributed by atoms with van der Waals surface area (Å²) in [5.74, 6) is 1.39. The van der Waals surface area contributed by atoms with Crippen LogP contribution in [0, 0.1) is 0 Å². The lowest BCUT2D eigenvalue weighted by Crippen LogP contribution is -2.17. The number of methoxy groups -OCH3 is 1. The zero-order chi connectivity index (χ0) is 16.6. The Bertz CT molecular complexity index is 823. The molecule has 1 amide bonds. The molecule has 2 heterocycles. The molecule has 1 aliphatic rings. The molecule has 0 atom stereocenters. The number of thiophene rings is 1. The van der Waals surface area contributed by atoms with Crippen molar-refractivity contribution in [3.05, 3.63) is 28.0 Å². The van der Waals surface area contributed by atoms with Crippen molar-refractivity contribution < 1.29 is 14.3 Å². The van der Waals surface area contributed by atoms with E-state index in [4.69, 9.17) is 21.7 Å². The summed E-state index contributed by atoms with van der Waals surface area (Å²) in [4.78, 5) is 13.4. The third kappa shape index (κ3) is 3.36. The van der Waals surface area contributed by atoms with E-state index in [9.17, 15) is 4.79 Å². The van der Waals surface area contributed by atoms with Crippen LogP contribution < -0.4 is 14.8 Å². The van der Waals surface area contributed by atoms with E-state index in [2.05, 4.69) is 5.32 Å². The van der Waals surface area contributed by atoms with E-state index in [1.54, 1.807) is 18.4 Å². The van der Waals surface area contributed by atoms with Gasteiger partial charge in [-0.2, -0.15) is 0 Å². The van der Waals surface area contributed by atoms with E-state index >= 15 is 0 Å². The predicted molar refractivity (Wildman–Crippen MR) is 100 cm³/mol. The van der Waals surface area contributed by atoms with Gasteiger partial charge in [0.05, 0.1) is 23.0 Å². The minimum atomic E-state index is -0.162. The number of hydrogen-bond donors (Lipinski definition) is 1. The number of hydrogen-bond acceptors (Lipinski definition) is 6. The molecule has 1 fully saturated rings. The molecule has 1 aromatic carbocycles. The van der Waals surface area contributed by atoms with Gasteiger partial charge in [-0.05, 0) is 38.1 Å². The van der Waals surface area contributed by atoms with Crippen molar-refractivity contribution in [1.29, 1.82) is 0 Å². The number of carbonyl (C=O) groups is 1. The van der Waals surface area contributed by atoms with E-state index in [0.29, 0.717) is 9.23 Å². The topological polar surface area (TPSA) is 47.6 Å². The van der Waals surface area contributed by atoms with Gasteiger partial charge in [-0.1, -0.05) is 24.0 Å². The summed E-state index contributed by atoms with van der Waals surface area (Å²) in [6.07, 6.45) is 1.87. The number of carbonyl (C=O) groups excluding carboxylic acids is 1. The number of rotatable bonds is 4. The fourth-order valence-corrected chi connectivity index (χ4v) is 4.36. The quantitative estimate of drug-likeness (QED) is 0.650. The van der Waals surface area contributed by atoms with E-state index in [1.807, 2.05) is 38.1 Å². The molecule has 7 heteroatoms.